The number of aliphatic hydroxyl groups excluding tert-OH is 1. The lowest BCUT2D eigenvalue weighted by Gasteiger charge is -2.12. The van der Waals surface area contributed by atoms with E-state index in [-0.39, 0.29) is 23.0 Å². The summed E-state index contributed by atoms with van der Waals surface area (Å²) in [4.78, 5) is 3.89. The van der Waals surface area contributed by atoms with E-state index in [0.29, 0.717) is 5.56 Å². The molecule has 0 fully saturated rings. The van der Waals surface area contributed by atoms with E-state index < -0.39 is 11.7 Å². The maximum atomic E-state index is 12.9. The Balaban J connectivity index is 2.57. The van der Waals surface area contributed by atoms with Gasteiger partial charge in [0.05, 0.1) is 17.9 Å². The summed E-state index contributed by atoms with van der Waals surface area (Å²) in [5.41, 5.74) is -0.318. The quantitative estimate of drug-likeness (QED) is 0.850. The van der Waals surface area contributed by atoms with E-state index in [1.54, 1.807) is 0 Å². The highest BCUT2D eigenvalue weighted by molar-refractivity contribution is 6.30. The van der Waals surface area contributed by atoms with Gasteiger partial charge >= 0.3 is 6.18 Å². The van der Waals surface area contributed by atoms with Crippen molar-refractivity contribution >= 4 is 11.6 Å². The largest absolute Gasteiger partial charge is 0.417 e. The first-order valence-electron chi connectivity index (χ1n) is 5.36. The molecule has 0 aliphatic rings. The third kappa shape index (κ3) is 2.88. The molecule has 0 amide bonds. The van der Waals surface area contributed by atoms with Crippen LogP contribution < -0.4 is 0 Å². The summed E-state index contributed by atoms with van der Waals surface area (Å²) >= 11 is 5.79. The molecule has 0 spiro atoms. The van der Waals surface area contributed by atoms with E-state index in [1.165, 1.54) is 30.3 Å². The van der Waals surface area contributed by atoms with E-state index in [9.17, 15) is 13.2 Å². The summed E-state index contributed by atoms with van der Waals surface area (Å²) in [6.07, 6.45) is -4.46. The van der Waals surface area contributed by atoms with Crippen molar-refractivity contribution in [3.8, 4) is 11.3 Å². The number of aromatic nitrogens is 1. The van der Waals surface area contributed by atoms with Crippen LogP contribution in [-0.2, 0) is 12.8 Å². The van der Waals surface area contributed by atoms with Gasteiger partial charge in [-0.25, -0.2) is 4.98 Å². The molecule has 0 atom stereocenters. The monoisotopic (exact) mass is 287 g/mol. The Morgan fingerprint density at radius 2 is 1.79 bits per heavy atom. The number of nitrogens with zero attached hydrogens (tertiary/aromatic N) is 1. The van der Waals surface area contributed by atoms with Gasteiger partial charge in [0, 0.05) is 11.1 Å². The van der Waals surface area contributed by atoms with Gasteiger partial charge in [-0.3, -0.25) is 0 Å². The van der Waals surface area contributed by atoms with Gasteiger partial charge in [-0.15, -0.1) is 0 Å². The van der Waals surface area contributed by atoms with Crippen LogP contribution in [0.1, 0.15) is 11.1 Å². The van der Waals surface area contributed by atoms with Crippen molar-refractivity contribution in [1.82, 2.24) is 4.98 Å². The molecule has 0 saturated heterocycles. The Hall–Kier alpha value is -1.59. The van der Waals surface area contributed by atoms with Crippen molar-refractivity contribution < 1.29 is 18.3 Å². The van der Waals surface area contributed by atoms with Crippen LogP contribution in [0, 0.1) is 0 Å². The van der Waals surface area contributed by atoms with Gasteiger partial charge in [0.2, 0.25) is 0 Å². The Morgan fingerprint density at radius 1 is 1.11 bits per heavy atom. The van der Waals surface area contributed by atoms with E-state index >= 15 is 0 Å². The molecule has 2 rings (SSSR count). The van der Waals surface area contributed by atoms with Crippen LogP contribution >= 0.6 is 11.6 Å². The molecule has 2 aromatic rings. The Labute approximate surface area is 112 Å². The highest BCUT2D eigenvalue weighted by Gasteiger charge is 2.33. The van der Waals surface area contributed by atoms with Gasteiger partial charge in [-0.05, 0) is 12.1 Å². The molecule has 1 aromatic carbocycles. The molecule has 1 N–H and O–H groups in total. The Bertz CT molecular complexity index is 599. The second-order valence-corrected chi connectivity index (χ2v) is 4.21. The molecule has 6 heteroatoms. The van der Waals surface area contributed by atoms with Crippen LogP contribution in [0.15, 0.2) is 36.4 Å². The number of aliphatic hydroxyl groups is 1. The van der Waals surface area contributed by atoms with Gasteiger partial charge in [-0.2, -0.15) is 13.2 Å². The SMILES string of the molecule is OCc1ccc(-c2ccccc2C(F)(F)F)nc1Cl. The minimum atomic E-state index is -4.46. The van der Waals surface area contributed by atoms with Gasteiger partial charge in [-0.1, -0.05) is 35.9 Å². The first-order valence-corrected chi connectivity index (χ1v) is 5.74. The molecular formula is C13H9ClF3NO. The van der Waals surface area contributed by atoms with Crippen LogP contribution in [0.4, 0.5) is 13.2 Å². The summed E-state index contributed by atoms with van der Waals surface area (Å²) in [5.74, 6) is 0. The average molecular weight is 288 g/mol. The molecule has 1 aromatic heterocycles. The second-order valence-electron chi connectivity index (χ2n) is 3.85. The molecule has 100 valence electrons. The van der Waals surface area contributed by atoms with Crippen LogP contribution in [0.5, 0.6) is 0 Å². The topological polar surface area (TPSA) is 33.1 Å². The summed E-state index contributed by atoms with van der Waals surface area (Å²) in [6.45, 7) is -0.312. The van der Waals surface area contributed by atoms with E-state index in [0.717, 1.165) is 6.07 Å². The highest BCUT2D eigenvalue weighted by atomic mass is 35.5. The molecule has 1 heterocycles. The molecule has 0 aliphatic carbocycles. The van der Waals surface area contributed by atoms with Crippen molar-refractivity contribution in [2.24, 2.45) is 0 Å². The molecule has 0 bridgehead atoms. The van der Waals surface area contributed by atoms with E-state index in [1.807, 2.05) is 0 Å². The predicted octanol–water partition coefficient (Wildman–Crippen LogP) is 3.91. The third-order valence-corrected chi connectivity index (χ3v) is 2.93. The van der Waals surface area contributed by atoms with Crippen molar-refractivity contribution in [1.29, 1.82) is 0 Å². The number of rotatable bonds is 2. The van der Waals surface area contributed by atoms with E-state index in [2.05, 4.69) is 4.98 Å². The maximum Gasteiger partial charge on any atom is 0.417 e. The number of halogens is 4. The lowest BCUT2D eigenvalue weighted by atomic mass is 10.0. The zero-order valence-corrected chi connectivity index (χ0v) is 10.3. The van der Waals surface area contributed by atoms with Crippen LogP contribution in [0.25, 0.3) is 11.3 Å². The Kier molecular flexibility index (Phi) is 3.78. The summed E-state index contributed by atoms with van der Waals surface area (Å²) < 4.78 is 38.6. The lowest BCUT2D eigenvalue weighted by molar-refractivity contribution is -0.137. The van der Waals surface area contributed by atoms with Crippen LogP contribution in [-0.4, -0.2) is 10.1 Å². The smallest absolute Gasteiger partial charge is 0.392 e. The van der Waals surface area contributed by atoms with Crippen molar-refractivity contribution in [2.75, 3.05) is 0 Å². The van der Waals surface area contributed by atoms with Crippen molar-refractivity contribution in [3.63, 3.8) is 0 Å². The zero-order chi connectivity index (χ0) is 14.0. The number of pyridine rings is 1. The molecular weight excluding hydrogens is 279 g/mol. The molecule has 0 unspecified atom stereocenters. The van der Waals surface area contributed by atoms with Gasteiger partial charge in [0.25, 0.3) is 0 Å². The molecule has 2 nitrogen and oxygen atoms in total. The standard InChI is InChI=1S/C13H9ClF3NO/c14-12-8(7-19)5-6-11(18-12)9-3-1-2-4-10(9)13(15,16)17/h1-6,19H,7H2. The average Bonchev–Trinajstić information content (AvgIpc) is 2.37. The normalized spacial score (nSPS) is 11.6. The molecule has 0 aliphatic heterocycles. The minimum absolute atomic E-state index is 0.00280. The predicted molar refractivity (Wildman–Crippen MR) is 65.6 cm³/mol. The maximum absolute atomic E-state index is 12.9. The highest BCUT2D eigenvalue weighted by Crippen LogP contribution is 2.36. The zero-order valence-electron chi connectivity index (χ0n) is 9.58. The molecule has 0 saturated carbocycles. The third-order valence-electron chi connectivity index (χ3n) is 2.60. The van der Waals surface area contributed by atoms with E-state index in [4.69, 9.17) is 16.7 Å². The summed E-state index contributed by atoms with van der Waals surface area (Å²) in [5, 5.41) is 8.96. The number of hydrogen-bond donors (Lipinski definition) is 1. The van der Waals surface area contributed by atoms with Gasteiger partial charge in [0.1, 0.15) is 5.15 Å². The first-order chi connectivity index (χ1) is 8.93. The number of hydrogen-bond acceptors (Lipinski definition) is 2. The summed E-state index contributed by atoms with van der Waals surface area (Å²) in [7, 11) is 0. The summed E-state index contributed by atoms with van der Waals surface area (Å²) in [6, 6.07) is 8.00. The molecule has 19 heavy (non-hydrogen) atoms. The van der Waals surface area contributed by atoms with Gasteiger partial charge < -0.3 is 5.11 Å². The fourth-order valence-electron chi connectivity index (χ4n) is 1.68. The van der Waals surface area contributed by atoms with Gasteiger partial charge in [0.15, 0.2) is 0 Å². The first kappa shape index (κ1) is 13.8. The van der Waals surface area contributed by atoms with Crippen LogP contribution in [0.2, 0.25) is 5.15 Å². The fraction of sp³-hybridized carbons (Fsp3) is 0.154. The fourth-order valence-corrected chi connectivity index (χ4v) is 1.90. The van der Waals surface area contributed by atoms with Crippen molar-refractivity contribution in [3.05, 3.63) is 52.7 Å². The minimum Gasteiger partial charge on any atom is -0.392 e. The molecule has 0 radical (unpaired) electrons. The second kappa shape index (κ2) is 5.19. The number of alkyl halides is 3. The van der Waals surface area contributed by atoms with Crippen LogP contribution in [0.3, 0.4) is 0 Å². The number of benzene rings is 1. The van der Waals surface area contributed by atoms with Crippen molar-refractivity contribution in [2.45, 2.75) is 12.8 Å². The Morgan fingerprint density at radius 3 is 2.37 bits per heavy atom. The lowest BCUT2D eigenvalue weighted by Crippen LogP contribution is -2.07.